The lowest BCUT2D eigenvalue weighted by molar-refractivity contribution is -0.145. The molecule has 0 radical (unpaired) electrons. The van der Waals surface area contributed by atoms with Crippen molar-refractivity contribution in [2.24, 2.45) is 0 Å². The molecule has 3 heterocycles. The minimum absolute atomic E-state index is 0.0944. The molecule has 0 spiro atoms. The zero-order chi connectivity index (χ0) is 25.0. The van der Waals surface area contributed by atoms with Crippen molar-refractivity contribution in [2.75, 3.05) is 0 Å². The molecule has 1 saturated carbocycles. The maximum atomic E-state index is 14.5. The summed E-state index contributed by atoms with van der Waals surface area (Å²) >= 11 is 1.46. The third-order valence-electron chi connectivity index (χ3n) is 5.87. The van der Waals surface area contributed by atoms with E-state index in [0.29, 0.717) is 40.1 Å². The minimum atomic E-state index is -4.65. The van der Waals surface area contributed by atoms with Crippen LogP contribution >= 0.6 is 11.3 Å². The smallest absolute Gasteiger partial charge is 0.345 e. The number of hydrogen-bond acceptors (Lipinski definition) is 6. The maximum absolute atomic E-state index is 14.5. The van der Waals surface area contributed by atoms with Gasteiger partial charge >= 0.3 is 6.18 Å². The number of aryl methyl sites for hydroxylation is 1. The van der Waals surface area contributed by atoms with E-state index in [9.17, 15) is 22.4 Å². The number of carbonyl (C=O) groups excluding carboxylic acids is 1. The predicted molar refractivity (Wildman–Crippen MR) is 122 cm³/mol. The zero-order valence-electron chi connectivity index (χ0n) is 18.7. The zero-order valence-corrected chi connectivity index (χ0v) is 19.5. The number of nitrogens with one attached hydrogen (secondary N) is 1. The fourth-order valence-electron chi connectivity index (χ4n) is 3.72. The molecule has 1 fully saturated rings. The molecule has 35 heavy (non-hydrogen) atoms. The molecule has 0 bridgehead atoms. The van der Waals surface area contributed by atoms with E-state index < -0.39 is 29.6 Å². The van der Waals surface area contributed by atoms with Crippen molar-refractivity contribution in [2.45, 2.75) is 51.1 Å². The summed E-state index contributed by atoms with van der Waals surface area (Å²) in [5, 5.41) is 8.59. The van der Waals surface area contributed by atoms with Crippen LogP contribution in [0.1, 0.15) is 52.4 Å². The average molecular weight is 505 g/mol. The molecule has 4 aromatic rings. The third kappa shape index (κ3) is 4.75. The summed E-state index contributed by atoms with van der Waals surface area (Å²) in [6.07, 6.45) is 1.76. The van der Waals surface area contributed by atoms with Gasteiger partial charge in [-0.3, -0.25) is 9.48 Å². The van der Waals surface area contributed by atoms with Crippen molar-refractivity contribution in [3.8, 4) is 10.6 Å². The molecule has 1 aliphatic carbocycles. The van der Waals surface area contributed by atoms with Crippen LogP contribution in [-0.2, 0) is 12.7 Å². The second kappa shape index (κ2) is 8.36. The second-order valence-electron chi connectivity index (χ2n) is 8.72. The number of benzene rings is 1. The normalized spacial score (nSPS) is 15.8. The van der Waals surface area contributed by atoms with Crippen molar-refractivity contribution in [1.29, 1.82) is 0 Å². The summed E-state index contributed by atoms with van der Waals surface area (Å²) < 4.78 is 54.3. The van der Waals surface area contributed by atoms with Gasteiger partial charge in [0.1, 0.15) is 10.7 Å². The van der Waals surface area contributed by atoms with E-state index >= 15 is 0 Å². The first kappa shape index (κ1) is 23.3. The topological polar surface area (TPSA) is 85.6 Å². The molecule has 0 saturated heterocycles. The van der Waals surface area contributed by atoms with E-state index in [0.717, 1.165) is 22.7 Å². The first-order valence-corrected chi connectivity index (χ1v) is 11.7. The number of amides is 1. The van der Waals surface area contributed by atoms with Gasteiger partial charge < -0.3 is 5.32 Å². The molecule has 1 N–H and O–H groups in total. The number of rotatable bonds is 6. The summed E-state index contributed by atoms with van der Waals surface area (Å²) in [5.74, 6) is -1.70. The molecule has 0 aliphatic heterocycles. The van der Waals surface area contributed by atoms with Crippen LogP contribution in [0.3, 0.4) is 0 Å². The number of thiazole rings is 1. The Morgan fingerprint density at radius 2 is 1.89 bits per heavy atom. The van der Waals surface area contributed by atoms with Gasteiger partial charge in [-0.2, -0.15) is 18.3 Å². The summed E-state index contributed by atoms with van der Waals surface area (Å²) in [6, 6.07) is 2.68. The number of alkyl halides is 4. The number of fused-ring (bicyclic) bond motifs is 1. The lowest BCUT2D eigenvalue weighted by Gasteiger charge is -2.15. The van der Waals surface area contributed by atoms with Crippen LogP contribution in [-0.4, -0.2) is 36.3 Å². The molecule has 1 aromatic carbocycles. The second-order valence-corrected chi connectivity index (χ2v) is 9.95. The van der Waals surface area contributed by atoms with E-state index in [4.69, 9.17) is 0 Å². The van der Waals surface area contributed by atoms with Crippen molar-refractivity contribution in [1.82, 2.24) is 30.0 Å². The van der Waals surface area contributed by atoms with Crippen molar-refractivity contribution in [3.63, 3.8) is 0 Å². The third-order valence-corrected chi connectivity index (χ3v) is 6.82. The molecule has 1 amide bonds. The number of aromatic nitrogens is 5. The first-order chi connectivity index (χ1) is 16.5. The Labute approximate surface area is 201 Å². The summed E-state index contributed by atoms with van der Waals surface area (Å²) in [7, 11) is 0. The number of nitrogens with zero attached hydrogens (tertiary/aromatic N) is 5. The van der Waals surface area contributed by atoms with Gasteiger partial charge in [0, 0.05) is 45.5 Å². The molecular formula is C23H20F4N6OS. The van der Waals surface area contributed by atoms with Gasteiger partial charge in [-0.15, -0.1) is 11.3 Å². The quantitative estimate of drug-likeness (QED) is 0.362. The Hall–Kier alpha value is -3.41. The first-order valence-electron chi connectivity index (χ1n) is 10.8. The highest BCUT2D eigenvalue weighted by Gasteiger charge is 2.44. The van der Waals surface area contributed by atoms with E-state index in [-0.39, 0.29) is 6.54 Å². The van der Waals surface area contributed by atoms with E-state index in [1.165, 1.54) is 11.3 Å². The number of hydrogen-bond donors (Lipinski definition) is 1. The van der Waals surface area contributed by atoms with Crippen LogP contribution in [0, 0.1) is 6.92 Å². The molecule has 12 heteroatoms. The van der Waals surface area contributed by atoms with Crippen LogP contribution in [0.5, 0.6) is 0 Å². The van der Waals surface area contributed by atoms with Gasteiger partial charge in [-0.1, -0.05) is 0 Å². The molecule has 7 nitrogen and oxygen atoms in total. The summed E-state index contributed by atoms with van der Waals surface area (Å²) in [4.78, 5) is 25.3. The fourth-order valence-corrected chi connectivity index (χ4v) is 4.52. The Kier molecular flexibility index (Phi) is 5.58. The molecule has 3 aromatic heterocycles. The van der Waals surface area contributed by atoms with Crippen LogP contribution in [0.15, 0.2) is 36.9 Å². The average Bonchev–Trinajstić information content (AvgIpc) is 3.18. The van der Waals surface area contributed by atoms with Crippen molar-refractivity contribution < 1.29 is 22.4 Å². The van der Waals surface area contributed by atoms with Gasteiger partial charge in [0.2, 0.25) is 5.82 Å². The van der Waals surface area contributed by atoms with E-state index in [1.54, 1.807) is 36.1 Å². The Morgan fingerprint density at radius 1 is 1.17 bits per heavy atom. The summed E-state index contributed by atoms with van der Waals surface area (Å²) in [5.41, 5.74) is 0.639. The summed E-state index contributed by atoms with van der Waals surface area (Å²) in [6.45, 7) is 3.64. The van der Waals surface area contributed by atoms with Crippen LogP contribution in [0.25, 0.3) is 21.5 Å². The number of halogens is 4. The standard InChI is InChI=1S/C23H20F4N6OS/c1-12-7-28-20(35-12)16-5-14(6-18-17(16)10-31-33(18)11-22(24)3-4-22)19(34)32-13(2)15-8-29-21(30-9-15)23(25,26)27/h5-10,13H,3-4,11H2,1-2H3,(H,32,34). The lowest BCUT2D eigenvalue weighted by atomic mass is 10.0. The largest absolute Gasteiger partial charge is 0.451 e. The van der Waals surface area contributed by atoms with Gasteiger partial charge in [0.25, 0.3) is 5.91 Å². The Morgan fingerprint density at radius 3 is 2.49 bits per heavy atom. The van der Waals surface area contributed by atoms with Crippen LogP contribution in [0.2, 0.25) is 0 Å². The Bertz CT molecular complexity index is 1410. The van der Waals surface area contributed by atoms with Crippen LogP contribution < -0.4 is 5.32 Å². The SMILES string of the molecule is Cc1cnc(-c2cc(C(=O)NC(C)c3cnc(C(F)(F)F)nc3)cc3c2cnn3CC2(F)CC2)s1. The number of carbonyl (C=O) groups is 1. The minimum Gasteiger partial charge on any atom is -0.345 e. The molecule has 1 unspecified atom stereocenters. The molecule has 182 valence electrons. The fraction of sp³-hybridized carbons (Fsp3) is 0.348. The highest BCUT2D eigenvalue weighted by molar-refractivity contribution is 7.15. The molecule has 1 atom stereocenters. The molecule has 1 aliphatic rings. The van der Waals surface area contributed by atoms with Gasteiger partial charge in [-0.05, 0) is 38.8 Å². The van der Waals surface area contributed by atoms with E-state index in [1.807, 2.05) is 6.92 Å². The monoisotopic (exact) mass is 504 g/mol. The van der Waals surface area contributed by atoms with E-state index in [2.05, 4.69) is 25.4 Å². The van der Waals surface area contributed by atoms with Crippen LogP contribution in [0.4, 0.5) is 17.6 Å². The molecular weight excluding hydrogens is 484 g/mol. The van der Waals surface area contributed by atoms with Gasteiger partial charge in [0.15, 0.2) is 0 Å². The van der Waals surface area contributed by atoms with Gasteiger partial charge in [-0.25, -0.2) is 19.3 Å². The van der Waals surface area contributed by atoms with Gasteiger partial charge in [0.05, 0.1) is 24.3 Å². The predicted octanol–water partition coefficient (Wildman–Crippen LogP) is 5.27. The highest BCUT2D eigenvalue weighted by Crippen LogP contribution is 2.42. The highest BCUT2D eigenvalue weighted by atomic mass is 32.1. The maximum Gasteiger partial charge on any atom is 0.451 e. The lowest BCUT2D eigenvalue weighted by Crippen LogP contribution is -2.27. The molecule has 5 rings (SSSR count). The van der Waals surface area contributed by atoms with Crippen molar-refractivity contribution in [3.05, 3.63) is 58.7 Å². The Balaban J connectivity index is 1.47. The van der Waals surface area contributed by atoms with Crippen molar-refractivity contribution >= 4 is 28.1 Å².